The molecule has 1 atom stereocenters. The first-order chi connectivity index (χ1) is 8.60. The van der Waals surface area contributed by atoms with Crippen LogP contribution in [0, 0.1) is 0 Å². The summed E-state index contributed by atoms with van der Waals surface area (Å²) in [6.45, 7) is 3.72. The maximum Gasteiger partial charge on any atom is 0.339 e. The van der Waals surface area contributed by atoms with Crippen molar-refractivity contribution in [2.45, 2.75) is 26.4 Å². The molecule has 0 aliphatic carbocycles. The van der Waals surface area contributed by atoms with Crippen molar-refractivity contribution in [3.8, 4) is 0 Å². The van der Waals surface area contributed by atoms with E-state index >= 15 is 0 Å². The number of ether oxygens (including phenoxy) is 1. The average molecular weight is 248 g/mol. The fraction of sp³-hybridized carbons (Fsp3) is 0.286. The molecule has 0 spiro atoms. The van der Waals surface area contributed by atoms with Crippen LogP contribution in [-0.2, 0) is 4.74 Å². The van der Waals surface area contributed by atoms with E-state index in [9.17, 15) is 9.59 Å². The van der Waals surface area contributed by atoms with Crippen LogP contribution in [-0.4, -0.2) is 23.1 Å². The van der Waals surface area contributed by atoms with E-state index in [0.717, 1.165) is 0 Å². The first-order valence-electron chi connectivity index (χ1n) is 5.76. The van der Waals surface area contributed by atoms with Gasteiger partial charge in [-0.1, -0.05) is 25.1 Å². The van der Waals surface area contributed by atoms with Gasteiger partial charge in [0, 0.05) is 0 Å². The minimum atomic E-state index is -1.14. The minimum Gasteiger partial charge on any atom is -0.478 e. The maximum atomic E-state index is 11.9. The summed E-state index contributed by atoms with van der Waals surface area (Å²) in [6, 6.07) is 6.02. The van der Waals surface area contributed by atoms with Crippen LogP contribution in [0.2, 0.25) is 0 Å². The van der Waals surface area contributed by atoms with E-state index < -0.39 is 11.9 Å². The Morgan fingerprint density at radius 3 is 2.44 bits per heavy atom. The summed E-state index contributed by atoms with van der Waals surface area (Å²) in [6.07, 6.45) is 3.88. The number of carbonyl (C=O) groups is 2. The zero-order valence-electron chi connectivity index (χ0n) is 10.4. The Bertz CT molecular complexity index is 463. The summed E-state index contributed by atoms with van der Waals surface area (Å²) in [7, 11) is 0. The van der Waals surface area contributed by atoms with Gasteiger partial charge in [-0.15, -0.1) is 0 Å². The third-order valence-electron chi connectivity index (χ3n) is 2.45. The molecule has 1 aromatic carbocycles. The van der Waals surface area contributed by atoms with Crippen LogP contribution in [0.1, 0.15) is 41.0 Å². The van der Waals surface area contributed by atoms with E-state index in [1.807, 2.05) is 13.8 Å². The number of hydrogen-bond donors (Lipinski definition) is 1. The second kappa shape index (κ2) is 6.59. The fourth-order valence-corrected chi connectivity index (χ4v) is 1.52. The number of carbonyl (C=O) groups excluding carboxylic acids is 1. The van der Waals surface area contributed by atoms with Crippen LogP contribution < -0.4 is 0 Å². The first kappa shape index (κ1) is 14.0. The van der Waals surface area contributed by atoms with Crippen molar-refractivity contribution in [2.75, 3.05) is 0 Å². The van der Waals surface area contributed by atoms with Crippen LogP contribution in [0.15, 0.2) is 36.4 Å². The molecule has 0 aliphatic rings. The predicted octanol–water partition coefficient (Wildman–Crippen LogP) is 2.90. The summed E-state index contributed by atoms with van der Waals surface area (Å²) in [5.74, 6) is -1.75. The molecule has 0 unspecified atom stereocenters. The van der Waals surface area contributed by atoms with Gasteiger partial charge in [0.05, 0.1) is 11.1 Å². The molecule has 18 heavy (non-hydrogen) atoms. The number of carboxylic acid groups (broad SMARTS) is 1. The highest BCUT2D eigenvalue weighted by molar-refractivity contribution is 6.02. The third kappa shape index (κ3) is 3.45. The summed E-state index contributed by atoms with van der Waals surface area (Å²) >= 11 is 0. The van der Waals surface area contributed by atoms with E-state index in [1.165, 1.54) is 12.1 Å². The van der Waals surface area contributed by atoms with Gasteiger partial charge in [-0.25, -0.2) is 9.59 Å². The lowest BCUT2D eigenvalue weighted by molar-refractivity contribution is 0.0381. The summed E-state index contributed by atoms with van der Waals surface area (Å²) < 4.78 is 5.23. The van der Waals surface area contributed by atoms with Gasteiger partial charge in [-0.2, -0.15) is 0 Å². The van der Waals surface area contributed by atoms with Gasteiger partial charge in [0.2, 0.25) is 0 Å². The third-order valence-corrected chi connectivity index (χ3v) is 2.45. The first-order valence-corrected chi connectivity index (χ1v) is 5.76. The molecule has 0 heterocycles. The van der Waals surface area contributed by atoms with Crippen molar-refractivity contribution >= 4 is 11.9 Å². The van der Waals surface area contributed by atoms with E-state index in [4.69, 9.17) is 9.84 Å². The Balaban J connectivity index is 2.94. The van der Waals surface area contributed by atoms with Crippen molar-refractivity contribution in [3.63, 3.8) is 0 Å². The van der Waals surface area contributed by atoms with Crippen LogP contribution in [0.4, 0.5) is 0 Å². The minimum absolute atomic E-state index is 0.0437. The zero-order valence-corrected chi connectivity index (χ0v) is 10.4. The maximum absolute atomic E-state index is 11.9. The molecular weight excluding hydrogens is 232 g/mol. The molecule has 1 rings (SSSR count). The van der Waals surface area contributed by atoms with Gasteiger partial charge in [0.15, 0.2) is 0 Å². The van der Waals surface area contributed by atoms with Crippen LogP contribution >= 0.6 is 0 Å². The predicted molar refractivity (Wildman–Crippen MR) is 67.7 cm³/mol. The van der Waals surface area contributed by atoms with E-state index in [-0.39, 0.29) is 17.2 Å². The number of carboxylic acids is 1. The standard InChI is InChI=1S/C14H16O4/c1-3-7-10(4-2)18-14(17)12-9-6-5-8-11(12)13(15)16/h3,5-10H,4H2,1-2H3,(H,15,16)/b7-3+/t10-/m0/s1. The van der Waals surface area contributed by atoms with Crippen LogP contribution in [0.25, 0.3) is 0 Å². The van der Waals surface area contributed by atoms with E-state index in [1.54, 1.807) is 24.3 Å². The van der Waals surface area contributed by atoms with Crippen molar-refractivity contribution in [1.29, 1.82) is 0 Å². The highest BCUT2D eigenvalue weighted by atomic mass is 16.5. The largest absolute Gasteiger partial charge is 0.478 e. The van der Waals surface area contributed by atoms with Gasteiger partial charge in [0.1, 0.15) is 6.10 Å². The number of hydrogen-bond acceptors (Lipinski definition) is 3. The SMILES string of the molecule is C/C=C/[C@H](CC)OC(=O)c1ccccc1C(=O)O. The Morgan fingerprint density at radius 1 is 1.33 bits per heavy atom. The monoisotopic (exact) mass is 248 g/mol. The normalized spacial score (nSPS) is 12.3. The van der Waals surface area contributed by atoms with Gasteiger partial charge >= 0.3 is 11.9 Å². The number of allylic oxidation sites excluding steroid dienone is 1. The lowest BCUT2D eigenvalue weighted by atomic mass is 10.1. The van der Waals surface area contributed by atoms with Crippen molar-refractivity contribution in [3.05, 3.63) is 47.5 Å². The molecule has 96 valence electrons. The molecule has 0 bridgehead atoms. The van der Waals surface area contributed by atoms with Crippen molar-refractivity contribution < 1.29 is 19.4 Å². The number of benzene rings is 1. The van der Waals surface area contributed by atoms with Crippen LogP contribution in [0.5, 0.6) is 0 Å². The van der Waals surface area contributed by atoms with Crippen molar-refractivity contribution in [1.82, 2.24) is 0 Å². The Labute approximate surface area is 106 Å². The highest BCUT2D eigenvalue weighted by Gasteiger charge is 2.18. The number of aromatic carboxylic acids is 1. The van der Waals surface area contributed by atoms with Gasteiger partial charge in [-0.05, 0) is 31.6 Å². The van der Waals surface area contributed by atoms with Crippen LogP contribution in [0.3, 0.4) is 0 Å². The smallest absolute Gasteiger partial charge is 0.339 e. The Kier molecular flexibility index (Phi) is 5.11. The molecular formula is C14H16O4. The van der Waals surface area contributed by atoms with E-state index in [0.29, 0.717) is 6.42 Å². The molecule has 0 fully saturated rings. The summed E-state index contributed by atoms with van der Waals surface area (Å²) in [5, 5.41) is 8.99. The van der Waals surface area contributed by atoms with Crippen molar-refractivity contribution in [2.24, 2.45) is 0 Å². The van der Waals surface area contributed by atoms with Gasteiger partial charge in [0.25, 0.3) is 0 Å². The quantitative estimate of drug-likeness (QED) is 0.642. The molecule has 0 aromatic heterocycles. The summed E-state index contributed by atoms with van der Waals surface area (Å²) in [4.78, 5) is 22.9. The second-order valence-electron chi connectivity index (χ2n) is 3.73. The lowest BCUT2D eigenvalue weighted by Crippen LogP contribution is -2.18. The molecule has 1 N–H and O–H groups in total. The molecule has 1 aromatic rings. The topological polar surface area (TPSA) is 63.6 Å². The molecule has 0 amide bonds. The van der Waals surface area contributed by atoms with Gasteiger partial charge in [-0.3, -0.25) is 0 Å². The Morgan fingerprint density at radius 2 is 1.94 bits per heavy atom. The average Bonchev–Trinajstić information content (AvgIpc) is 2.38. The number of rotatable bonds is 5. The highest BCUT2D eigenvalue weighted by Crippen LogP contribution is 2.13. The molecule has 0 saturated carbocycles. The molecule has 0 saturated heterocycles. The summed E-state index contributed by atoms with van der Waals surface area (Å²) in [5.41, 5.74) is 0.0331. The molecule has 4 heteroatoms. The Hall–Kier alpha value is -2.10. The molecule has 0 aliphatic heterocycles. The van der Waals surface area contributed by atoms with E-state index in [2.05, 4.69) is 0 Å². The second-order valence-corrected chi connectivity index (χ2v) is 3.73. The molecule has 0 radical (unpaired) electrons. The van der Waals surface area contributed by atoms with Gasteiger partial charge < -0.3 is 9.84 Å². The fourth-order valence-electron chi connectivity index (χ4n) is 1.52. The lowest BCUT2D eigenvalue weighted by Gasteiger charge is -2.13. The number of esters is 1. The zero-order chi connectivity index (χ0) is 13.5. The molecule has 4 nitrogen and oxygen atoms in total.